The number of rotatable bonds is 5. The molecule has 0 amide bonds. The molecule has 6 heteroatoms. The summed E-state index contributed by atoms with van der Waals surface area (Å²) in [6.45, 7) is 2.02. The number of carbonyl (C=O) groups excluding carboxylic acids is 2. The van der Waals surface area contributed by atoms with Crippen molar-refractivity contribution in [3.63, 3.8) is 0 Å². The number of halogens is 2. The average Bonchev–Trinajstić information content (AvgIpc) is 2.71. The van der Waals surface area contributed by atoms with E-state index in [0.29, 0.717) is 5.56 Å². The maximum Gasteiger partial charge on any atom is 0.343 e. The highest BCUT2D eigenvalue weighted by Gasteiger charge is 2.13. The Morgan fingerprint density at radius 3 is 1.75 bits per heavy atom. The molecule has 28 heavy (non-hydrogen) atoms. The molecule has 0 aliphatic heterocycles. The molecule has 0 atom stereocenters. The lowest BCUT2D eigenvalue weighted by molar-refractivity contribution is 0.0730. The first-order valence-electron chi connectivity index (χ1n) is 8.54. The zero-order valence-electron chi connectivity index (χ0n) is 14.9. The highest BCUT2D eigenvalue weighted by molar-refractivity contribution is 5.92. The molecule has 3 aromatic rings. The molecule has 0 radical (unpaired) electrons. The third kappa shape index (κ3) is 4.59. The minimum Gasteiger partial charge on any atom is -0.423 e. The molecule has 0 saturated carbocycles. The van der Waals surface area contributed by atoms with E-state index in [0.717, 1.165) is 30.2 Å². The number of hydrogen-bond acceptors (Lipinski definition) is 4. The van der Waals surface area contributed by atoms with Gasteiger partial charge in [-0.1, -0.05) is 19.1 Å². The minimum atomic E-state index is -1.11. The van der Waals surface area contributed by atoms with E-state index in [-0.39, 0.29) is 17.1 Å². The molecular formula is C22H16F2O4. The normalized spacial score (nSPS) is 10.4. The van der Waals surface area contributed by atoms with Crippen LogP contribution in [0.25, 0.3) is 0 Å². The van der Waals surface area contributed by atoms with Crippen LogP contribution in [-0.2, 0) is 6.42 Å². The fraction of sp³-hybridized carbons (Fsp3) is 0.0909. The van der Waals surface area contributed by atoms with E-state index >= 15 is 0 Å². The van der Waals surface area contributed by atoms with Crippen LogP contribution in [0.15, 0.2) is 66.7 Å². The highest BCUT2D eigenvalue weighted by Crippen LogP contribution is 2.19. The van der Waals surface area contributed by atoms with Gasteiger partial charge in [0, 0.05) is 6.07 Å². The van der Waals surface area contributed by atoms with E-state index in [4.69, 9.17) is 9.47 Å². The van der Waals surface area contributed by atoms with Crippen molar-refractivity contribution in [2.75, 3.05) is 0 Å². The Hall–Kier alpha value is -3.54. The summed E-state index contributed by atoms with van der Waals surface area (Å²) in [6, 6.07) is 15.6. The maximum absolute atomic E-state index is 13.2. The van der Waals surface area contributed by atoms with Crippen LogP contribution < -0.4 is 9.47 Å². The molecule has 0 aliphatic carbocycles. The van der Waals surface area contributed by atoms with Crippen LogP contribution >= 0.6 is 0 Å². The lowest BCUT2D eigenvalue weighted by Gasteiger charge is -2.07. The second-order valence-electron chi connectivity index (χ2n) is 5.93. The Kier molecular flexibility index (Phi) is 5.79. The lowest BCUT2D eigenvalue weighted by Crippen LogP contribution is -2.10. The smallest absolute Gasteiger partial charge is 0.343 e. The van der Waals surface area contributed by atoms with E-state index < -0.39 is 23.6 Å². The fourth-order valence-electron chi connectivity index (χ4n) is 2.41. The van der Waals surface area contributed by atoms with Crippen LogP contribution in [0, 0.1) is 11.6 Å². The van der Waals surface area contributed by atoms with Crippen molar-refractivity contribution >= 4 is 11.9 Å². The van der Waals surface area contributed by atoms with E-state index in [2.05, 4.69) is 0 Å². The number of aryl methyl sites for hydroxylation is 1. The molecule has 4 nitrogen and oxygen atoms in total. The van der Waals surface area contributed by atoms with Crippen molar-refractivity contribution in [2.45, 2.75) is 13.3 Å². The fourth-order valence-corrected chi connectivity index (χ4v) is 2.41. The summed E-state index contributed by atoms with van der Waals surface area (Å²) in [5.74, 6) is -3.27. The van der Waals surface area contributed by atoms with Crippen LogP contribution in [0.5, 0.6) is 11.5 Å². The van der Waals surface area contributed by atoms with Gasteiger partial charge in [-0.05, 0) is 60.5 Å². The van der Waals surface area contributed by atoms with Gasteiger partial charge in [0.25, 0.3) is 0 Å². The molecule has 0 fully saturated rings. The number of carbonyl (C=O) groups is 2. The standard InChI is InChI=1S/C22H16F2O4/c1-2-14-3-5-15(6-4-14)21(25)27-17-9-7-16(8-10-17)22(26)28-18-11-12-19(23)20(24)13-18/h3-13H,2H2,1H3. The Morgan fingerprint density at radius 1 is 0.714 bits per heavy atom. The average molecular weight is 382 g/mol. The largest absolute Gasteiger partial charge is 0.423 e. The monoisotopic (exact) mass is 382 g/mol. The molecule has 0 aliphatic rings. The van der Waals surface area contributed by atoms with Gasteiger partial charge >= 0.3 is 11.9 Å². The maximum atomic E-state index is 13.2. The van der Waals surface area contributed by atoms with Crippen molar-refractivity contribution in [3.8, 4) is 11.5 Å². The van der Waals surface area contributed by atoms with Gasteiger partial charge in [-0.25, -0.2) is 18.4 Å². The molecule has 0 spiro atoms. The summed E-state index contributed by atoms with van der Waals surface area (Å²) in [5.41, 5.74) is 1.69. The molecular weight excluding hydrogens is 366 g/mol. The zero-order chi connectivity index (χ0) is 20.1. The summed E-state index contributed by atoms with van der Waals surface area (Å²) >= 11 is 0. The Bertz CT molecular complexity index is 996. The summed E-state index contributed by atoms with van der Waals surface area (Å²) in [5, 5.41) is 0. The van der Waals surface area contributed by atoms with Crippen molar-refractivity contribution in [2.24, 2.45) is 0 Å². The van der Waals surface area contributed by atoms with Crippen LogP contribution in [0.2, 0.25) is 0 Å². The molecule has 0 heterocycles. The predicted molar refractivity (Wildman–Crippen MR) is 98.5 cm³/mol. The van der Waals surface area contributed by atoms with Gasteiger partial charge < -0.3 is 9.47 Å². The van der Waals surface area contributed by atoms with Crippen LogP contribution in [0.4, 0.5) is 8.78 Å². The summed E-state index contributed by atoms with van der Waals surface area (Å²) in [6.07, 6.45) is 0.872. The van der Waals surface area contributed by atoms with Gasteiger partial charge in [0.2, 0.25) is 0 Å². The van der Waals surface area contributed by atoms with Crippen LogP contribution in [-0.4, -0.2) is 11.9 Å². The topological polar surface area (TPSA) is 52.6 Å². The first-order chi connectivity index (χ1) is 13.5. The Balaban J connectivity index is 1.64. The second kappa shape index (κ2) is 8.43. The van der Waals surface area contributed by atoms with Crippen molar-refractivity contribution in [1.82, 2.24) is 0 Å². The Morgan fingerprint density at radius 2 is 1.21 bits per heavy atom. The molecule has 142 valence electrons. The van der Waals surface area contributed by atoms with Crippen molar-refractivity contribution < 1.29 is 27.8 Å². The second-order valence-corrected chi connectivity index (χ2v) is 5.93. The zero-order valence-corrected chi connectivity index (χ0v) is 14.9. The van der Waals surface area contributed by atoms with Crippen molar-refractivity contribution in [3.05, 3.63) is 95.1 Å². The minimum absolute atomic E-state index is 0.116. The third-order valence-corrected chi connectivity index (χ3v) is 4.00. The van der Waals surface area contributed by atoms with Crippen LogP contribution in [0.1, 0.15) is 33.2 Å². The van der Waals surface area contributed by atoms with E-state index in [1.54, 1.807) is 12.1 Å². The first-order valence-corrected chi connectivity index (χ1v) is 8.54. The van der Waals surface area contributed by atoms with Gasteiger partial charge in [-0.2, -0.15) is 0 Å². The number of hydrogen-bond donors (Lipinski definition) is 0. The van der Waals surface area contributed by atoms with Gasteiger partial charge in [0.05, 0.1) is 11.1 Å². The number of ether oxygens (including phenoxy) is 2. The molecule has 0 unspecified atom stereocenters. The van der Waals surface area contributed by atoms with Gasteiger partial charge in [-0.3, -0.25) is 0 Å². The van der Waals surface area contributed by atoms with Gasteiger partial charge in [0.15, 0.2) is 11.6 Å². The molecule has 0 aromatic heterocycles. The van der Waals surface area contributed by atoms with E-state index in [1.807, 2.05) is 19.1 Å². The molecule has 3 rings (SSSR count). The highest BCUT2D eigenvalue weighted by atomic mass is 19.2. The van der Waals surface area contributed by atoms with Crippen molar-refractivity contribution in [1.29, 1.82) is 0 Å². The SMILES string of the molecule is CCc1ccc(C(=O)Oc2ccc(C(=O)Oc3ccc(F)c(F)c3)cc2)cc1. The summed E-state index contributed by atoms with van der Waals surface area (Å²) in [4.78, 5) is 24.2. The third-order valence-electron chi connectivity index (χ3n) is 4.00. The number of benzene rings is 3. The lowest BCUT2D eigenvalue weighted by atomic mass is 10.1. The van der Waals surface area contributed by atoms with Gasteiger partial charge in [0.1, 0.15) is 11.5 Å². The summed E-state index contributed by atoms with van der Waals surface area (Å²) in [7, 11) is 0. The molecule has 0 N–H and O–H groups in total. The van der Waals surface area contributed by atoms with Crippen LogP contribution in [0.3, 0.4) is 0 Å². The molecule has 0 saturated heterocycles. The van der Waals surface area contributed by atoms with E-state index in [1.165, 1.54) is 24.3 Å². The first kappa shape index (κ1) is 19.2. The number of esters is 2. The quantitative estimate of drug-likeness (QED) is 0.462. The van der Waals surface area contributed by atoms with Gasteiger partial charge in [-0.15, -0.1) is 0 Å². The summed E-state index contributed by atoms with van der Waals surface area (Å²) < 4.78 is 36.4. The van der Waals surface area contributed by atoms with E-state index in [9.17, 15) is 18.4 Å². The predicted octanol–water partition coefficient (Wildman–Crippen LogP) is 4.97. The molecule has 0 bridgehead atoms. The Labute approximate surface area is 160 Å². The molecule has 3 aromatic carbocycles.